The highest BCUT2D eigenvalue weighted by Gasteiger charge is 2.28. The van der Waals surface area contributed by atoms with Gasteiger partial charge in [0, 0.05) is 24.2 Å². The maximum Gasteiger partial charge on any atom is 0.302 e. The fourth-order valence-corrected chi connectivity index (χ4v) is 3.14. The Morgan fingerprint density at radius 2 is 2.04 bits per heavy atom. The van der Waals surface area contributed by atoms with E-state index in [1.807, 2.05) is 43.4 Å². The molecule has 4 aromatic rings. The first-order valence-electron chi connectivity index (χ1n) is 8.84. The number of aryl methyl sites for hydroxylation is 1. The zero-order valence-corrected chi connectivity index (χ0v) is 14.7. The van der Waals surface area contributed by atoms with Gasteiger partial charge in [-0.3, -0.25) is 14.8 Å². The van der Waals surface area contributed by atoms with Crippen molar-refractivity contribution in [2.24, 2.45) is 7.05 Å². The van der Waals surface area contributed by atoms with Crippen molar-refractivity contribution in [2.75, 3.05) is 5.32 Å². The number of carbonyl (C=O) groups is 1. The SMILES string of the molecule is Cn1ncc2c(C(=O)Nc3ncc(-c4ccccc4)o3)cc(C3CC3)nc21. The van der Waals surface area contributed by atoms with Crippen LogP contribution in [0.4, 0.5) is 6.01 Å². The molecule has 1 aromatic carbocycles. The zero-order chi connectivity index (χ0) is 18.4. The molecule has 3 aromatic heterocycles. The summed E-state index contributed by atoms with van der Waals surface area (Å²) in [5.74, 6) is 0.756. The van der Waals surface area contributed by atoms with E-state index in [4.69, 9.17) is 4.42 Å². The lowest BCUT2D eigenvalue weighted by Gasteiger charge is -2.06. The molecule has 1 fully saturated rings. The van der Waals surface area contributed by atoms with Gasteiger partial charge in [-0.15, -0.1) is 0 Å². The molecule has 0 atom stereocenters. The summed E-state index contributed by atoms with van der Waals surface area (Å²) in [6, 6.07) is 11.7. The smallest absolute Gasteiger partial charge is 0.302 e. The molecular weight excluding hydrogens is 342 g/mol. The van der Waals surface area contributed by atoms with E-state index < -0.39 is 0 Å². The number of hydrogen-bond acceptors (Lipinski definition) is 5. The number of anilines is 1. The van der Waals surface area contributed by atoms with Gasteiger partial charge >= 0.3 is 6.01 Å². The van der Waals surface area contributed by atoms with Crippen LogP contribution >= 0.6 is 0 Å². The Balaban J connectivity index is 1.47. The number of nitrogens with one attached hydrogen (secondary N) is 1. The van der Waals surface area contributed by atoms with Crippen molar-refractivity contribution in [3.63, 3.8) is 0 Å². The lowest BCUT2D eigenvalue weighted by Crippen LogP contribution is -2.13. The fraction of sp³-hybridized carbons (Fsp3) is 0.200. The van der Waals surface area contributed by atoms with Gasteiger partial charge in [-0.25, -0.2) is 9.97 Å². The lowest BCUT2D eigenvalue weighted by atomic mass is 10.1. The van der Waals surface area contributed by atoms with E-state index in [1.54, 1.807) is 17.1 Å². The van der Waals surface area contributed by atoms with Crippen molar-refractivity contribution in [3.8, 4) is 11.3 Å². The third-order valence-corrected chi connectivity index (χ3v) is 4.75. The van der Waals surface area contributed by atoms with Crippen LogP contribution in [0.15, 0.2) is 53.2 Å². The van der Waals surface area contributed by atoms with Crippen LogP contribution in [-0.2, 0) is 7.05 Å². The quantitative estimate of drug-likeness (QED) is 0.600. The lowest BCUT2D eigenvalue weighted by molar-refractivity contribution is 0.102. The van der Waals surface area contributed by atoms with Crippen molar-refractivity contribution in [2.45, 2.75) is 18.8 Å². The van der Waals surface area contributed by atoms with Crippen molar-refractivity contribution < 1.29 is 9.21 Å². The number of benzene rings is 1. The molecule has 27 heavy (non-hydrogen) atoms. The summed E-state index contributed by atoms with van der Waals surface area (Å²) in [4.78, 5) is 21.8. The summed E-state index contributed by atoms with van der Waals surface area (Å²) < 4.78 is 7.38. The van der Waals surface area contributed by atoms with Crippen molar-refractivity contribution >= 4 is 23.0 Å². The summed E-state index contributed by atoms with van der Waals surface area (Å²) in [6.45, 7) is 0. The molecule has 7 nitrogen and oxygen atoms in total. The maximum absolute atomic E-state index is 12.9. The number of oxazole rings is 1. The van der Waals surface area contributed by atoms with Crippen molar-refractivity contribution in [1.29, 1.82) is 0 Å². The van der Waals surface area contributed by atoms with E-state index in [1.165, 1.54) is 0 Å². The van der Waals surface area contributed by atoms with Crippen LogP contribution in [0.25, 0.3) is 22.4 Å². The number of aromatic nitrogens is 4. The van der Waals surface area contributed by atoms with Crippen LogP contribution in [0.5, 0.6) is 0 Å². The molecule has 134 valence electrons. The largest absolute Gasteiger partial charge is 0.423 e. The highest BCUT2D eigenvalue weighted by atomic mass is 16.4. The number of nitrogens with zero attached hydrogens (tertiary/aromatic N) is 4. The van der Waals surface area contributed by atoms with Gasteiger partial charge in [-0.2, -0.15) is 5.10 Å². The Hall–Kier alpha value is -3.48. The number of amides is 1. The molecule has 5 rings (SSSR count). The summed E-state index contributed by atoms with van der Waals surface area (Å²) >= 11 is 0. The average molecular weight is 359 g/mol. The van der Waals surface area contributed by atoms with Crippen molar-refractivity contribution in [1.82, 2.24) is 19.7 Å². The first-order valence-corrected chi connectivity index (χ1v) is 8.84. The van der Waals surface area contributed by atoms with E-state index in [9.17, 15) is 4.79 Å². The molecule has 0 radical (unpaired) electrons. The predicted molar refractivity (Wildman–Crippen MR) is 100 cm³/mol. The average Bonchev–Trinajstić information content (AvgIpc) is 3.34. The summed E-state index contributed by atoms with van der Waals surface area (Å²) in [5.41, 5.74) is 3.09. The van der Waals surface area contributed by atoms with Crippen LogP contribution in [0.1, 0.15) is 34.8 Å². The third-order valence-electron chi connectivity index (χ3n) is 4.75. The second-order valence-corrected chi connectivity index (χ2v) is 6.72. The topological polar surface area (TPSA) is 85.8 Å². The van der Waals surface area contributed by atoms with Crippen LogP contribution in [0, 0.1) is 0 Å². The van der Waals surface area contributed by atoms with E-state index in [0.29, 0.717) is 28.3 Å². The molecule has 0 unspecified atom stereocenters. The Morgan fingerprint density at radius 1 is 1.22 bits per heavy atom. The van der Waals surface area contributed by atoms with Gasteiger partial charge in [0.15, 0.2) is 11.4 Å². The molecule has 7 heteroatoms. The summed E-state index contributed by atoms with van der Waals surface area (Å²) in [5, 5.41) is 7.72. The Labute approximate surface area is 155 Å². The van der Waals surface area contributed by atoms with E-state index in [-0.39, 0.29) is 11.9 Å². The minimum atomic E-state index is -0.279. The van der Waals surface area contributed by atoms with Crippen LogP contribution in [-0.4, -0.2) is 25.7 Å². The molecule has 0 aliphatic heterocycles. The number of hydrogen-bond donors (Lipinski definition) is 1. The van der Waals surface area contributed by atoms with Crippen LogP contribution < -0.4 is 5.32 Å². The second kappa shape index (κ2) is 6.05. The summed E-state index contributed by atoms with van der Waals surface area (Å²) in [6.07, 6.45) is 5.49. The fourth-order valence-electron chi connectivity index (χ4n) is 3.14. The molecule has 0 bridgehead atoms. The van der Waals surface area contributed by atoms with E-state index >= 15 is 0 Å². The van der Waals surface area contributed by atoms with Gasteiger partial charge < -0.3 is 4.42 Å². The normalized spacial score (nSPS) is 13.8. The Bertz CT molecular complexity index is 1140. The Kier molecular flexibility index (Phi) is 3.53. The molecule has 0 spiro atoms. The highest BCUT2D eigenvalue weighted by molar-refractivity contribution is 6.11. The second-order valence-electron chi connectivity index (χ2n) is 6.72. The molecule has 1 aliphatic rings. The van der Waals surface area contributed by atoms with Gasteiger partial charge in [0.1, 0.15) is 0 Å². The first kappa shape index (κ1) is 15.7. The number of rotatable bonds is 4. The van der Waals surface area contributed by atoms with E-state index in [2.05, 4.69) is 20.4 Å². The standard InChI is InChI=1S/C20H17N5O2/c1-25-18-15(10-22-25)14(9-16(23-18)12-7-8-12)19(26)24-20-21-11-17(27-20)13-5-3-2-4-6-13/h2-6,9-12H,7-8H2,1H3,(H,21,24,26). The summed E-state index contributed by atoms with van der Waals surface area (Å²) in [7, 11) is 1.83. The van der Waals surface area contributed by atoms with Gasteiger partial charge in [-0.05, 0) is 18.9 Å². The minimum Gasteiger partial charge on any atom is -0.423 e. The monoisotopic (exact) mass is 359 g/mol. The molecule has 1 aliphatic carbocycles. The van der Waals surface area contributed by atoms with Gasteiger partial charge in [0.2, 0.25) is 0 Å². The van der Waals surface area contributed by atoms with Crippen LogP contribution in [0.3, 0.4) is 0 Å². The number of carbonyl (C=O) groups excluding carboxylic acids is 1. The molecular formula is C20H17N5O2. The number of fused-ring (bicyclic) bond motifs is 1. The highest BCUT2D eigenvalue weighted by Crippen LogP contribution is 2.40. The van der Waals surface area contributed by atoms with Crippen molar-refractivity contribution in [3.05, 3.63) is 60.0 Å². The molecule has 1 saturated carbocycles. The van der Waals surface area contributed by atoms with Gasteiger partial charge in [-0.1, -0.05) is 30.3 Å². The molecule has 3 heterocycles. The number of pyridine rings is 1. The third kappa shape index (κ3) is 2.87. The maximum atomic E-state index is 12.9. The predicted octanol–water partition coefficient (Wildman–Crippen LogP) is 3.75. The Morgan fingerprint density at radius 3 is 2.81 bits per heavy atom. The van der Waals surface area contributed by atoms with Gasteiger partial charge in [0.25, 0.3) is 5.91 Å². The van der Waals surface area contributed by atoms with E-state index in [0.717, 1.165) is 24.1 Å². The van der Waals surface area contributed by atoms with Gasteiger partial charge in [0.05, 0.1) is 23.3 Å². The molecule has 1 amide bonds. The minimum absolute atomic E-state index is 0.167. The van der Waals surface area contributed by atoms with Crippen LogP contribution in [0.2, 0.25) is 0 Å². The molecule has 0 saturated heterocycles. The molecule has 1 N–H and O–H groups in total. The zero-order valence-electron chi connectivity index (χ0n) is 14.7. The first-order chi connectivity index (χ1) is 13.2.